The van der Waals surface area contributed by atoms with Gasteiger partial charge in [-0.1, -0.05) is 0 Å². The van der Waals surface area contributed by atoms with Gasteiger partial charge in [0.05, 0.1) is 13.2 Å². The van der Waals surface area contributed by atoms with Crippen molar-refractivity contribution in [1.29, 1.82) is 5.26 Å². The van der Waals surface area contributed by atoms with E-state index >= 15 is 0 Å². The molecule has 1 fully saturated rings. The first-order valence-electron chi connectivity index (χ1n) is 4.31. The van der Waals surface area contributed by atoms with E-state index in [4.69, 9.17) is 10.00 Å². The van der Waals surface area contributed by atoms with E-state index in [2.05, 4.69) is 0 Å². The van der Waals surface area contributed by atoms with Gasteiger partial charge in [-0.25, -0.2) is 0 Å². The summed E-state index contributed by atoms with van der Waals surface area (Å²) in [5, 5.41) is 8.87. The Kier molecular flexibility index (Phi) is 3.48. The normalized spacial score (nSPS) is 17.9. The van der Waals surface area contributed by atoms with E-state index in [1.165, 1.54) is 4.90 Å². The number of amides is 1. The predicted octanol–water partition coefficient (Wildman–Crippen LogP) is -0.228. The molecule has 0 bridgehead atoms. The van der Waals surface area contributed by atoms with Gasteiger partial charge in [0.2, 0.25) is 0 Å². The summed E-state index contributed by atoms with van der Waals surface area (Å²) in [6, 6.07) is 2.00. The number of rotatable bonds is 2. The van der Waals surface area contributed by atoms with Gasteiger partial charge in [-0.3, -0.25) is 9.69 Å². The van der Waals surface area contributed by atoms with Gasteiger partial charge in [0, 0.05) is 20.3 Å². The number of hydrogen-bond acceptors (Lipinski definition) is 4. The summed E-state index contributed by atoms with van der Waals surface area (Å²) >= 11 is 0. The van der Waals surface area contributed by atoms with E-state index in [0.717, 1.165) is 0 Å². The van der Waals surface area contributed by atoms with Gasteiger partial charge < -0.3 is 9.64 Å². The van der Waals surface area contributed by atoms with Crippen LogP contribution in [0.3, 0.4) is 0 Å². The lowest BCUT2D eigenvalue weighted by Gasteiger charge is -2.26. The quantitative estimate of drug-likeness (QED) is 0.571. The summed E-state index contributed by atoms with van der Waals surface area (Å²) in [5.74, 6) is -0.161. The molecular weight excluding hydrogens is 182 g/mol. The van der Waals surface area contributed by atoms with Gasteiger partial charge in [-0.15, -0.1) is 0 Å². The number of ether oxygens (including phenoxy) is 1. The summed E-state index contributed by atoms with van der Waals surface area (Å²) in [7, 11) is 3.62. The van der Waals surface area contributed by atoms with E-state index in [1.807, 2.05) is 20.2 Å². The predicted molar refractivity (Wildman–Crippen MR) is 49.9 cm³/mol. The van der Waals surface area contributed by atoms with Crippen molar-refractivity contribution < 1.29 is 9.53 Å². The largest absolute Gasteiger partial charge is 0.381 e. The molecule has 5 heteroatoms. The minimum atomic E-state index is -0.161. The summed E-state index contributed by atoms with van der Waals surface area (Å²) < 4.78 is 4.97. The molecule has 1 aliphatic heterocycles. The summed E-state index contributed by atoms with van der Waals surface area (Å²) in [6.07, 6.45) is 1.63. The zero-order valence-corrected chi connectivity index (χ0v) is 8.36. The third kappa shape index (κ3) is 2.47. The van der Waals surface area contributed by atoms with Crippen LogP contribution in [0.25, 0.3) is 0 Å². The molecular formula is C9H13N3O2. The lowest BCUT2D eigenvalue weighted by atomic mass is 10.3. The summed E-state index contributed by atoms with van der Waals surface area (Å²) in [4.78, 5) is 14.6. The highest BCUT2D eigenvalue weighted by atomic mass is 16.5. The van der Waals surface area contributed by atoms with E-state index in [9.17, 15) is 4.79 Å². The van der Waals surface area contributed by atoms with Crippen molar-refractivity contribution in [2.45, 2.75) is 0 Å². The Morgan fingerprint density at radius 1 is 1.71 bits per heavy atom. The van der Waals surface area contributed by atoms with Crippen LogP contribution in [0.4, 0.5) is 0 Å². The SMILES string of the molecule is CN(C)/C=C(/C#N)N1CCOCC1=O. The fraction of sp³-hybridized carbons (Fsp3) is 0.556. The van der Waals surface area contributed by atoms with E-state index in [0.29, 0.717) is 18.8 Å². The number of nitriles is 1. The first kappa shape index (κ1) is 10.5. The molecule has 0 aromatic heterocycles. The Morgan fingerprint density at radius 3 is 2.93 bits per heavy atom. The molecule has 0 aliphatic carbocycles. The molecule has 1 aliphatic rings. The van der Waals surface area contributed by atoms with Crippen LogP contribution in [-0.4, -0.2) is 49.6 Å². The van der Waals surface area contributed by atoms with Crippen LogP contribution in [0.1, 0.15) is 0 Å². The first-order valence-corrected chi connectivity index (χ1v) is 4.31. The van der Waals surface area contributed by atoms with Crippen molar-refractivity contribution >= 4 is 5.91 Å². The monoisotopic (exact) mass is 195 g/mol. The molecule has 76 valence electrons. The molecule has 0 atom stereocenters. The second-order valence-electron chi connectivity index (χ2n) is 3.19. The van der Waals surface area contributed by atoms with Gasteiger partial charge >= 0.3 is 0 Å². The van der Waals surface area contributed by atoms with Gasteiger partial charge in [0.15, 0.2) is 0 Å². The number of hydrogen-bond donors (Lipinski definition) is 0. The molecule has 1 heterocycles. The van der Waals surface area contributed by atoms with Crippen molar-refractivity contribution in [1.82, 2.24) is 9.80 Å². The van der Waals surface area contributed by atoms with Gasteiger partial charge in [-0.05, 0) is 0 Å². The lowest BCUT2D eigenvalue weighted by molar-refractivity contribution is -0.139. The smallest absolute Gasteiger partial charge is 0.253 e. The second kappa shape index (κ2) is 4.63. The number of carbonyl (C=O) groups is 1. The number of allylic oxidation sites excluding steroid dienone is 1. The molecule has 0 spiro atoms. The van der Waals surface area contributed by atoms with Crippen molar-refractivity contribution in [2.24, 2.45) is 0 Å². The van der Waals surface area contributed by atoms with Crippen molar-refractivity contribution in [3.63, 3.8) is 0 Å². The van der Waals surface area contributed by atoms with Crippen LogP contribution in [0.2, 0.25) is 0 Å². The standard InChI is InChI=1S/C9H13N3O2/c1-11(2)6-8(5-10)12-3-4-14-7-9(12)13/h6H,3-4,7H2,1-2H3/b8-6-. The average molecular weight is 195 g/mol. The topological polar surface area (TPSA) is 56.6 Å². The van der Waals surface area contributed by atoms with Gasteiger partial charge in [0.25, 0.3) is 5.91 Å². The number of nitrogens with zero attached hydrogens (tertiary/aromatic N) is 3. The number of morpholine rings is 1. The van der Waals surface area contributed by atoms with Crippen LogP contribution in [0, 0.1) is 11.3 Å². The van der Waals surface area contributed by atoms with Crippen LogP contribution in [-0.2, 0) is 9.53 Å². The summed E-state index contributed by atoms with van der Waals surface area (Å²) in [5.41, 5.74) is 0.364. The highest BCUT2D eigenvalue weighted by molar-refractivity contribution is 5.80. The molecule has 0 aromatic rings. The maximum Gasteiger partial charge on any atom is 0.253 e. The minimum absolute atomic E-state index is 0.0620. The molecule has 5 nitrogen and oxygen atoms in total. The maximum absolute atomic E-state index is 11.4. The van der Waals surface area contributed by atoms with Crippen LogP contribution in [0.5, 0.6) is 0 Å². The Hall–Kier alpha value is -1.54. The highest BCUT2D eigenvalue weighted by Gasteiger charge is 2.21. The van der Waals surface area contributed by atoms with Crippen LogP contribution in [0.15, 0.2) is 11.9 Å². The summed E-state index contributed by atoms with van der Waals surface area (Å²) in [6.45, 7) is 0.997. The van der Waals surface area contributed by atoms with Gasteiger partial charge in [-0.2, -0.15) is 5.26 Å². The second-order valence-corrected chi connectivity index (χ2v) is 3.19. The Bertz CT molecular complexity index is 291. The Balaban J connectivity index is 2.79. The molecule has 0 aromatic carbocycles. The van der Waals surface area contributed by atoms with Crippen molar-refractivity contribution in [3.05, 3.63) is 11.9 Å². The van der Waals surface area contributed by atoms with E-state index in [1.54, 1.807) is 11.1 Å². The molecule has 0 radical (unpaired) electrons. The highest BCUT2D eigenvalue weighted by Crippen LogP contribution is 2.08. The molecule has 1 amide bonds. The van der Waals surface area contributed by atoms with E-state index in [-0.39, 0.29) is 12.5 Å². The maximum atomic E-state index is 11.4. The van der Waals surface area contributed by atoms with Crippen LogP contribution >= 0.6 is 0 Å². The third-order valence-corrected chi connectivity index (χ3v) is 1.77. The fourth-order valence-electron chi connectivity index (χ4n) is 1.18. The lowest BCUT2D eigenvalue weighted by Crippen LogP contribution is -2.40. The van der Waals surface area contributed by atoms with Crippen LogP contribution < -0.4 is 0 Å². The minimum Gasteiger partial charge on any atom is -0.381 e. The molecule has 0 saturated carbocycles. The number of carbonyl (C=O) groups excluding carboxylic acids is 1. The molecule has 1 rings (SSSR count). The zero-order valence-electron chi connectivity index (χ0n) is 8.36. The molecule has 0 N–H and O–H groups in total. The Labute approximate surface area is 83.2 Å². The third-order valence-electron chi connectivity index (χ3n) is 1.77. The molecule has 14 heavy (non-hydrogen) atoms. The van der Waals surface area contributed by atoms with Crippen molar-refractivity contribution in [2.75, 3.05) is 33.9 Å². The Morgan fingerprint density at radius 2 is 2.43 bits per heavy atom. The van der Waals surface area contributed by atoms with Gasteiger partial charge in [0.1, 0.15) is 18.4 Å². The molecule has 1 saturated heterocycles. The molecule has 0 unspecified atom stereocenters. The fourth-order valence-corrected chi connectivity index (χ4v) is 1.18. The van der Waals surface area contributed by atoms with Crippen molar-refractivity contribution in [3.8, 4) is 6.07 Å². The van der Waals surface area contributed by atoms with E-state index < -0.39 is 0 Å². The first-order chi connectivity index (χ1) is 6.65. The average Bonchev–Trinajstić information content (AvgIpc) is 2.15. The zero-order chi connectivity index (χ0) is 10.6.